The lowest BCUT2D eigenvalue weighted by molar-refractivity contribution is 0.341. The topological polar surface area (TPSA) is 63.4 Å². The van der Waals surface area contributed by atoms with Crippen LogP contribution >= 0.6 is 0 Å². The van der Waals surface area contributed by atoms with Crippen LogP contribution in [-0.2, 0) is 10.0 Å². The van der Waals surface area contributed by atoms with Crippen LogP contribution in [0.3, 0.4) is 0 Å². The summed E-state index contributed by atoms with van der Waals surface area (Å²) >= 11 is 0. The van der Waals surface area contributed by atoms with E-state index in [9.17, 15) is 8.42 Å². The third kappa shape index (κ3) is 3.38. The van der Waals surface area contributed by atoms with Crippen molar-refractivity contribution in [2.75, 3.05) is 16.3 Å². The fourth-order valence-corrected chi connectivity index (χ4v) is 3.07. The molecule has 1 aromatic rings. The number of benzene rings is 1. The molecule has 18 heavy (non-hydrogen) atoms. The minimum Gasteiger partial charge on any atom is -0.399 e. The van der Waals surface area contributed by atoms with Crippen LogP contribution < -0.4 is 10.0 Å². The molecule has 1 atom stereocenters. The zero-order chi connectivity index (χ0) is 14.1. The van der Waals surface area contributed by atoms with Crippen molar-refractivity contribution in [1.82, 2.24) is 0 Å². The van der Waals surface area contributed by atoms with E-state index in [-0.39, 0.29) is 11.5 Å². The summed E-state index contributed by atoms with van der Waals surface area (Å²) in [5, 5.41) is 0. The number of hydrogen-bond donors (Lipinski definition) is 1. The Morgan fingerprint density at radius 2 is 1.61 bits per heavy atom. The van der Waals surface area contributed by atoms with Crippen molar-refractivity contribution in [3.05, 3.63) is 24.3 Å². The molecule has 4 nitrogen and oxygen atoms in total. The minimum atomic E-state index is -3.32. The molecule has 102 valence electrons. The maximum Gasteiger partial charge on any atom is 0.232 e. The standard InChI is InChI=1S/C13H22N2O2S/c1-10(13(2,3)4)15(18(5,16)17)12-8-6-11(14)7-9-12/h6-10H,14H2,1-5H3. The van der Waals surface area contributed by atoms with Crippen LogP contribution in [0.25, 0.3) is 0 Å². The fourth-order valence-electron chi connectivity index (χ4n) is 1.68. The van der Waals surface area contributed by atoms with Crippen molar-refractivity contribution in [2.24, 2.45) is 5.41 Å². The molecule has 0 aromatic heterocycles. The van der Waals surface area contributed by atoms with E-state index in [0.29, 0.717) is 11.4 Å². The molecule has 0 aliphatic carbocycles. The van der Waals surface area contributed by atoms with Gasteiger partial charge in [0.25, 0.3) is 0 Å². The second-order valence-electron chi connectivity index (χ2n) is 5.69. The molecule has 0 saturated carbocycles. The lowest BCUT2D eigenvalue weighted by Crippen LogP contribution is -2.45. The van der Waals surface area contributed by atoms with Gasteiger partial charge in [-0.05, 0) is 36.6 Å². The SMILES string of the molecule is CC(N(c1ccc(N)cc1)S(C)(=O)=O)C(C)(C)C. The van der Waals surface area contributed by atoms with Crippen LogP contribution in [0, 0.1) is 5.41 Å². The van der Waals surface area contributed by atoms with Crippen molar-refractivity contribution in [2.45, 2.75) is 33.7 Å². The normalized spacial score (nSPS) is 14.3. The van der Waals surface area contributed by atoms with Gasteiger partial charge in [-0.1, -0.05) is 20.8 Å². The summed E-state index contributed by atoms with van der Waals surface area (Å²) in [6.07, 6.45) is 1.23. The van der Waals surface area contributed by atoms with Crippen molar-refractivity contribution in [3.63, 3.8) is 0 Å². The van der Waals surface area contributed by atoms with Crippen LogP contribution in [0.15, 0.2) is 24.3 Å². The Kier molecular flexibility index (Phi) is 3.96. The summed E-state index contributed by atoms with van der Waals surface area (Å²) in [5.74, 6) is 0. The van der Waals surface area contributed by atoms with Gasteiger partial charge in [0.1, 0.15) is 0 Å². The highest BCUT2D eigenvalue weighted by Gasteiger charge is 2.32. The van der Waals surface area contributed by atoms with Gasteiger partial charge >= 0.3 is 0 Å². The molecule has 0 aliphatic rings. The van der Waals surface area contributed by atoms with Crippen LogP contribution in [0.5, 0.6) is 0 Å². The first-order valence-corrected chi connectivity index (χ1v) is 7.73. The molecule has 0 spiro atoms. The maximum atomic E-state index is 12.0. The molecular formula is C13H22N2O2S. The number of anilines is 2. The molecule has 0 heterocycles. The van der Waals surface area contributed by atoms with Gasteiger partial charge < -0.3 is 5.73 Å². The van der Waals surface area contributed by atoms with E-state index in [1.807, 2.05) is 27.7 Å². The highest BCUT2D eigenvalue weighted by atomic mass is 32.2. The van der Waals surface area contributed by atoms with Crippen molar-refractivity contribution >= 4 is 21.4 Å². The molecule has 0 radical (unpaired) electrons. The quantitative estimate of drug-likeness (QED) is 0.858. The van der Waals surface area contributed by atoms with Gasteiger partial charge in [0.05, 0.1) is 11.9 Å². The van der Waals surface area contributed by atoms with Gasteiger partial charge in [0, 0.05) is 11.7 Å². The van der Waals surface area contributed by atoms with Gasteiger partial charge in [-0.15, -0.1) is 0 Å². The van der Waals surface area contributed by atoms with E-state index in [1.54, 1.807) is 24.3 Å². The maximum absolute atomic E-state index is 12.0. The van der Waals surface area contributed by atoms with Crippen molar-refractivity contribution in [3.8, 4) is 0 Å². The summed E-state index contributed by atoms with van der Waals surface area (Å²) in [6.45, 7) is 7.98. The van der Waals surface area contributed by atoms with Crippen LogP contribution in [0.2, 0.25) is 0 Å². The van der Waals surface area contributed by atoms with Gasteiger partial charge in [0.15, 0.2) is 0 Å². The number of nitrogens with two attached hydrogens (primary N) is 1. The lowest BCUT2D eigenvalue weighted by Gasteiger charge is -2.37. The Labute approximate surface area is 110 Å². The largest absolute Gasteiger partial charge is 0.399 e. The Morgan fingerprint density at radius 3 is 1.94 bits per heavy atom. The Balaban J connectivity index is 3.28. The highest BCUT2D eigenvalue weighted by Crippen LogP contribution is 2.30. The molecule has 0 saturated heterocycles. The number of nitrogen functional groups attached to an aromatic ring is 1. The first kappa shape index (κ1) is 14.8. The number of hydrogen-bond acceptors (Lipinski definition) is 3. The van der Waals surface area contributed by atoms with Crippen LogP contribution in [0.1, 0.15) is 27.7 Å². The molecule has 5 heteroatoms. The van der Waals surface area contributed by atoms with E-state index >= 15 is 0 Å². The highest BCUT2D eigenvalue weighted by molar-refractivity contribution is 7.92. The number of nitrogens with zero attached hydrogens (tertiary/aromatic N) is 1. The third-order valence-corrected chi connectivity index (χ3v) is 4.35. The minimum absolute atomic E-state index is 0.142. The monoisotopic (exact) mass is 270 g/mol. The van der Waals surface area contributed by atoms with Gasteiger partial charge in [-0.2, -0.15) is 0 Å². The van der Waals surface area contributed by atoms with Crippen LogP contribution in [-0.4, -0.2) is 20.7 Å². The average molecular weight is 270 g/mol. The summed E-state index contributed by atoms with van der Waals surface area (Å²) in [7, 11) is -3.32. The molecule has 0 bridgehead atoms. The number of sulfonamides is 1. The zero-order valence-electron chi connectivity index (χ0n) is 11.6. The molecule has 0 amide bonds. The second kappa shape index (κ2) is 4.80. The average Bonchev–Trinajstić information content (AvgIpc) is 2.17. The van der Waals surface area contributed by atoms with E-state index in [1.165, 1.54) is 10.6 Å². The first-order valence-electron chi connectivity index (χ1n) is 5.88. The molecule has 0 fully saturated rings. The summed E-state index contributed by atoms with van der Waals surface area (Å²) in [4.78, 5) is 0. The molecule has 2 N–H and O–H groups in total. The van der Waals surface area contributed by atoms with E-state index in [0.717, 1.165) is 0 Å². The van der Waals surface area contributed by atoms with Gasteiger partial charge in [-0.25, -0.2) is 8.42 Å². The molecule has 1 unspecified atom stereocenters. The molecular weight excluding hydrogens is 248 g/mol. The molecule has 0 aliphatic heterocycles. The number of rotatable bonds is 3. The van der Waals surface area contributed by atoms with Crippen LogP contribution in [0.4, 0.5) is 11.4 Å². The van der Waals surface area contributed by atoms with E-state index in [4.69, 9.17) is 5.73 Å². The molecule has 1 aromatic carbocycles. The predicted molar refractivity (Wildman–Crippen MR) is 77.1 cm³/mol. The Hall–Kier alpha value is -1.23. The lowest BCUT2D eigenvalue weighted by atomic mass is 9.88. The zero-order valence-corrected chi connectivity index (χ0v) is 12.5. The predicted octanol–water partition coefficient (Wildman–Crippen LogP) is 2.47. The summed E-state index contributed by atoms with van der Waals surface area (Å²) < 4.78 is 25.5. The summed E-state index contributed by atoms with van der Waals surface area (Å²) in [6, 6.07) is 6.75. The summed E-state index contributed by atoms with van der Waals surface area (Å²) in [5.41, 5.74) is 6.75. The first-order chi connectivity index (χ1) is 8.03. The smallest absolute Gasteiger partial charge is 0.232 e. The van der Waals surface area contributed by atoms with Crippen molar-refractivity contribution in [1.29, 1.82) is 0 Å². The Morgan fingerprint density at radius 1 is 1.17 bits per heavy atom. The van der Waals surface area contributed by atoms with Gasteiger partial charge in [0.2, 0.25) is 10.0 Å². The Bertz CT molecular complexity index is 501. The third-order valence-electron chi connectivity index (χ3n) is 3.11. The fraction of sp³-hybridized carbons (Fsp3) is 0.538. The molecule has 1 rings (SSSR count). The van der Waals surface area contributed by atoms with E-state index < -0.39 is 10.0 Å². The van der Waals surface area contributed by atoms with Crippen molar-refractivity contribution < 1.29 is 8.42 Å². The van der Waals surface area contributed by atoms with E-state index in [2.05, 4.69) is 0 Å². The van der Waals surface area contributed by atoms with Gasteiger partial charge in [-0.3, -0.25) is 4.31 Å². The second-order valence-corrected chi connectivity index (χ2v) is 7.55.